The Kier molecular flexibility index (Phi) is 7.19. The van der Waals surface area contributed by atoms with Gasteiger partial charge in [0.1, 0.15) is 0 Å². The minimum atomic E-state index is -3.63. The summed E-state index contributed by atoms with van der Waals surface area (Å²) in [6.45, 7) is 5.91. The summed E-state index contributed by atoms with van der Waals surface area (Å²) < 4.78 is 32.8. The summed E-state index contributed by atoms with van der Waals surface area (Å²) in [5.74, 6) is -0.241. The first-order valence-electron chi connectivity index (χ1n) is 5.73. The molecule has 9 heteroatoms. The van der Waals surface area contributed by atoms with E-state index in [0.717, 1.165) is 13.3 Å². The van der Waals surface area contributed by atoms with E-state index in [4.69, 9.17) is 13.9 Å². The van der Waals surface area contributed by atoms with Crippen molar-refractivity contribution in [2.45, 2.75) is 25.9 Å². The third-order valence-electron chi connectivity index (χ3n) is 3.37. The number of rotatable bonds is 5. The van der Waals surface area contributed by atoms with E-state index in [2.05, 4.69) is 0 Å². The van der Waals surface area contributed by atoms with Crippen molar-refractivity contribution in [1.29, 1.82) is 0 Å². The summed E-state index contributed by atoms with van der Waals surface area (Å²) in [4.78, 5) is 18.5. The monoisotopic (exact) mass is 483 g/mol. The van der Waals surface area contributed by atoms with Gasteiger partial charge in [-0.25, -0.2) is 0 Å². The van der Waals surface area contributed by atoms with Gasteiger partial charge in [-0.3, -0.25) is 9.13 Å². The molecule has 0 aromatic rings. The average molecular weight is 483 g/mol. The van der Waals surface area contributed by atoms with Crippen LogP contribution < -0.4 is 0 Å². The quantitative estimate of drug-likeness (QED) is 0.461. The number of hydrogen-bond donors (Lipinski definition) is 2. The van der Waals surface area contributed by atoms with Crippen LogP contribution in [-0.4, -0.2) is 35.3 Å². The third-order valence-corrected chi connectivity index (χ3v) is 4.73. The molecule has 3 unspecified atom stereocenters. The maximum atomic E-state index is 11.4. The summed E-state index contributed by atoms with van der Waals surface area (Å²) in [6.07, 6.45) is 2.60. The molecule has 1 fully saturated rings. The second kappa shape index (κ2) is 6.83. The van der Waals surface area contributed by atoms with Crippen molar-refractivity contribution in [2.24, 2.45) is 11.8 Å². The zero-order chi connectivity index (χ0) is 14.2. The third kappa shape index (κ3) is 6.09. The summed E-state index contributed by atoms with van der Waals surface area (Å²) in [6, 6.07) is 0. The van der Waals surface area contributed by atoms with Crippen molar-refractivity contribution < 1.29 is 49.0 Å². The molecular weight excluding hydrogens is 462 g/mol. The number of hydrogen-bond acceptors (Lipinski definition) is 4. The van der Waals surface area contributed by atoms with Crippen molar-refractivity contribution in [3.8, 4) is 0 Å². The SMILES string of the molecule is C[C@@H]1[CH-]C[C@H](COP(C)(=O)O)C1(C)OP(C)(=O)O.[W]. The molecule has 0 aromatic carbocycles. The molecule has 114 valence electrons. The zero-order valence-corrected chi connectivity index (χ0v) is 16.2. The van der Waals surface area contributed by atoms with Crippen molar-refractivity contribution >= 4 is 15.2 Å². The molecule has 1 aliphatic carbocycles. The zero-order valence-electron chi connectivity index (χ0n) is 11.5. The molecule has 0 aromatic heterocycles. The fraction of sp³-hybridized carbons (Fsp3) is 0.900. The minimum Gasteiger partial charge on any atom is -0.324 e. The minimum absolute atomic E-state index is 0. The molecular formula is C10H21O6P2W-. The van der Waals surface area contributed by atoms with E-state index in [9.17, 15) is 14.0 Å². The van der Waals surface area contributed by atoms with Crippen molar-refractivity contribution in [1.82, 2.24) is 0 Å². The van der Waals surface area contributed by atoms with E-state index in [1.807, 2.05) is 13.3 Å². The molecule has 19 heavy (non-hydrogen) atoms. The Bertz CT molecular complexity index is 391. The van der Waals surface area contributed by atoms with Gasteiger partial charge in [-0.05, 0) is 12.8 Å². The van der Waals surface area contributed by atoms with Crippen molar-refractivity contribution in [3.05, 3.63) is 6.42 Å². The largest absolute Gasteiger partial charge is 0.325 e. The molecule has 1 rings (SSSR count). The predicted molar refractivity (Wildman–Crippen MR) is 68.5 cm³/mol. The Labute approximate surface area is 128 Å². The van der Waals surface area contributed by atoms with Gasteiger partial charge < -0.3 is 25.3 Å². The van der Waals surface area contributed by atoms with Gasteiger partial charge >= 0.3 is 15.2 Å². The van der Waals surface area contributed by atoms with Crippen LogP contribution >= 0.6 is 15.2 Å². The molecule has 0 radical (unpaired) electrons. The molecule has 1 aliphatic rings. The van der Waals surface area contributed by atoms with Gasteiger partial charge in [0.15, 0.2) is 0 Å². The molecule has 0 spiro atoms. The molecule has 2 N–H and O–H groups in total. The Balaban J connectivity index is 0.00000324. The predicted octanol–water partition coefficient (Wildman–Crippen LogP) is 2.27. The summed E-state index contributed by atoms with van der Waals surface area (Å²) in [5, 5.41) is 0. The summed E-state index contributed by atoms with van der Waals surface area (Å²) in [7, 11) is -7.17. The second-order valence-electron chi connectivity index (χ2n) is 5.13. The van der Waals surface area contributed by atoms with Crippen LogP contribution in [0.2, 0.25) is 0 Å². The van der Waals surface area contributed by atoms with Crippen LogP contribution in [0, 0.1) is 18.3 Å². The Morgan fingerprint density at radius 2 is 1.84 bits per heavy atom. The second-order valence-corrected chi connectivity index (χ2v) is 8.79. The fourth-order valence-corrected chi connectivity index (χ4v) is 3.69. The fourth-order valence-electron chi connectivity index (χ4n) is 2.19. The van der Waals surface area contributed by atoms with Crippen LogP contribution in [0.4, 0.5) is 0 Å². The Morgan fingerprint density at radius 1 is 1.32 bits per heavy atom. The molecule has 0 bridgehead atoms. The van der Waals surface area contributed by atoms with Gasteiger partial charge in [0.25, 0.3) is 0 Å². The van der Waals surface area contributed by atoms with E-state index in [0.29, 0.717) is 6.42 Å². The van der Waals surface area contributed by atoms with Crippen molar-refractivity contribution in [2.75, 3.05) is 19.9 Å². The van der Waals surface area contributed by atoms with E-state index < -0.39 is 20.8 Å². The van der Waals surface area contributed by atoms with Gasteiger partial charge in [0.2, 0.25) is 0 Å². The topological polar surface area (TPSA) is 93.1 Å². The first-order chi connectivity index (χ1) is 7.94. The molecule has 0 heterocycles. The van der Waals surface area contributed by atoms with Crippen LogP contribution in [-0.2, 0) is 39.2 Å². The maximum Gasteiger partial charge on any atom is 0.325 e. The van der Waals surface area contributed by atoms with Gasteiger partial charge in [-0.2, -0.15) is 6.42 Å². The first-order valence-corrected chi connectivity index (χ1v) is 9.78. The first kappa shape index (κ1) is 20.0. The van der Waals surface area contributed by atoms with Gasteiger partial charge in [-0.15, -0.1) is 5.92 Å². The van der Waals surface area contributed by atoms with Crippen LogP contribution in [0.3, 0.4) is 0 Å². The van der Waals surface area contributed by atoms with Crippen LogP contribution in [0.25, 0.3) is 0 Å². The molecule has 0 aliphatic heterocycles. The standard InChI is InChI=1S/C10H21O6P2.W/c1-8-5-6-9(7-15-17(3,11)12)10(8,2)16-18(4,13)14;/h5,8-9H,6-7H2,1-4H3,(H,11,12)(H,13,14);/q-1;/t8-,9-,10?;/m1./s1. The molecule has 1 saturated carbocycles. The molecule has 5 atom stereocenters. The van der Waals surface area contributed by atoms with E-state index in [-0.39, 0.29) is 39.5 Å². The van der Waals surface area contributed by atoms with Gasteiger partial charge in [0.05, 0.1) is 12.2 Å². The molecule has 6 nitrogen and oxygen atoms in total. The summed E-state index contributed by atoms with van der Waals surface area (Å²) in [5.41, 5.74) is -0.853. The van der Waals surface area contributed by atoms with E-state index >= 15 is 0 Å². The Hall–Kier alpha value is 0.988. The van der Waals surface area contributed by atoms with Gasteiger partial charge in [0, 0.05) is 34.4 Å². The van der Waals surface area contributed by atoms with E-state index in [1.165, 1.54) is 0 Å². The average Bonchev–Trinajstić information content (AvgIpc) is 2.36. The molecule has 0 saturated heterocycles. The van der Waals surface area contributed by atoms with Gasteiger partial charge in [-0.1, -0.05) is 6.92 Å². The normalized spacial score (nSPS) is 37.2. The Morgan fingerprint density at radius 3 is 2.26 bits per heavy atom. The van der Waals surface area contributed by atoms with Crippen LogP contribution in [0.1, 0.15) is 20.3 Å². The van der Waals surface area contributed by atoms with Crippen molar-refractivity contribution in [3.63, 3.8) is 0 Å². The molecule has 0 amide bonds. The van der Waals surface area contributed by atoms with Crippen LogP contribution in [0.15, 0.2) is 0 Å². The summed E-state index contributed by atoms with van der Waals surface area (Å²) >= 11 is 0. The van der Waals surface area contributed by atoms with E-state index in [1.54, 1.807) is 6.92 Å². The van der Waals surface area contributed by atoms with Crippen LogP contribution in [0.5, 0.6) is 0 Å². The smallest absolute Gasteiger partial charge is 0.324 e. The maximum absolute atomic E-state index is 11.4.